The number of rotatable bonds is 4. The van der Waals surface area contributed by atoms with Gasteiger partial charge in [0.25, 0.3) is 5.91 Å². The Morgan fingerprint density at radius 3 is 2.54 bits per heavy atom. The van der Waals surface area contributed by atoms with E-state index in [1.807, 2.05) is 48.5 Å². The summed E-state index contributed by atoms with van der Waals surface area (Å²) in [4.78, 5) is 28.3. The van der Waals surface area contributed by atoms with Crippen molar-refractivity contribution in [2.75, 3.05) is 0 Å². The number of carbonyl (C=O) groups is 2. The molecule has 0 bridgehead atoms. The number of carboxylic acids is 1. The van der Waals surface area contributed by atoms with E-state index in [2.05, 4.69) is 16.7 Å². The molecule has 1 aliphatic rings. The maximum Gasteiger partial charge on any atom is 0.357 e. The zero-order valence-corrected chi connectivity index (χ0v) is 14.9. The lowest BCUT2D eigenvalue weighted by Crippen LogP contribution is -2.32. The number of benzene rings is 1. The molecule has 0 radical (unpaired) electrons. The second-order valence-corrected chi connectivity index (χ2v) is 6.56. The van der Waals surface area contributed by atoms with E-state index in [0.29, 0.717) is 17.7 Å². The normalized spacial score (nSPS) is 17.7. The molecule has 1 atom stereocenters. The fourth-order valence-electron chi connectivity index (χ4n) is 3.71. The van der Waals surface area contributed by atoms with Crippen LogP contribution in [-0.2, 0) is 11.8 Å². The Morgan fingerprint density at radius 2 is 1.89 bits per heavy atom. The van der Waals surface area contributed by atoms with Crippen molar-refractivity contribution >= 4 is 18.0 Å². The molecular formula is C22H17N3O3. The average molecular weight is 371 g/mol. The smallest absolute Gasteiger partial charge is 0.357 e. The van der Waals surface area contributed by atoms with Crippen LogP contribution in [-0.4, -0.2) is 31.7 Å². The summed E-state index contributed by atoms with van der Waals surface area (Å²) in [5.74, 6) is -1.64. The van der Waals surface area contributed by atoms with E-state index in [0.717, 1.165) is 21.9 Å². The second kappa shape index (κ2) is 6.74. The van der Waals surface area contributed by atoms with Crippen LogP contribution in [0.5, 0.6) is 0 Å². The predicted octanol–water partition coefficient (Wildman–Crippen LogP) is 3.36. The topological polar surface area (TPSA) is 85.1 Å². The van der Waals surface area contributed by atoms with Gasteiger partial charge in [-0.2, -0.15) is 9.78 Å². The highest BCUT2D eigenvalue weighted by Gasteiger charge is 2.39. The lowest BCUT2D eigenvalue weighted by Gasteiger charge is -2.34. The van der Waals surface area contributed by atoms with Gasteiger partial charge in [0.1, 0.15) is 0 Å². The third kappa shape index (κ3) is 2.66. The molecule has 0 saturated carbocycles. The van der Waals surface area contributed by atoms with Crippen LogP contribution in [0, 0.1) is 0 Å². The summed E-state index contributed by atoms with van der Waals surface area (Å²) in [6.45, 7) is 3.51. The van der Waals surface area contributed by atoms with Crippen molar-refractivity contribution in [3.8, 4) is 0 Å². The lowest BCUT2D eigenvalue weighted by molar-refractivity contribution is 0.0689. The number of carboxylic acid groups (broad SMARTS) is 1. The van der Waals surface area contributed by atoms with E-state index in [-0.39, 0.29) is 5.69 Å². The molecule has 0 aliphatic heterocycles. The van der Waals surface area contributed by atoms with Gasteiger partial charge in [0.15, 0.2) is 5.69 Å². The molecule has 138 valence electrons. The quantitative estimate of drug-likeness (QED) is 0.711. The van der Waals surface area contributed by atoms with Gasteiger partial charge in [-0.05, 0) is 23.3 Å². The fraction of sp³-hybridized carbons (Fsp3) is 0.0909. The van der Waals surface area contributed by atoms with Crippen LogP contribution in [0.3, 0.4) is 0 Å². The zero-order chi connectivity index (χ0) is 19.7. The van der Waals surface area contributed by atoms with Gasteiger partial charge in [0, 0.05) is 29.8 Å². The van der Waals surface area contributed by atoms with Crippen molar-refractivity contribution in [2.45, 2.75) is 11.8 Å². The zero-order valence-electron chi connectivity index (χ0n) is 14.9. The van der Waals surface area contributed by atoms with E-state index in [1.165, 1.54) is 0 Å². The molecule has 2 aromatic heterocycles. The molecule has 0 spiro atoms. The van der Waals surface area contributed by atoms with E-state index in [1.54, 1.807) is 18.5 Å². The van der Waals surface area contributed by atoms with Crippen LogP contribution in [0.1, 0.15) is 37.7 Å². The standard InChI is InChI=1S/C22H17N3O3/c1-2-19(26)25-18-13-22(15-7-4-3-5-8-15,16-9-6-12-23-14-16)11-10-17(18)20(24-25)21(27)28/h2-12,14H,1,13H2,(H,27,28). The summed E-state index contributed by atoms with van der Waals surface area (Å²) >= 11 is 0. The highest BCUT2D eigenvalue weighted by Crippen LogP contribution is 2.42. The van der Waals surface area contributed by atoms with E-state index in [9.17, 15) is 14.7 Å². The van der Waals surface area contributed by atoms with Crippen molar-refractivity contribution in [1.82, 2.24) is 14.8 Å². The number of nitrogens with zero attached hydrogens (tertiary/aromatic N) is 3. The van der Waals surface area contributed by atoms with E-state index in [4.69, 9.17) is 0 Å². The first-order chi connectivity index (χ1) is 13.6. The predicted molar refractivity (Wildman–Crippen MR) is 104 cm³/mol. The van der Waals surface area contributed by atoms with Crippen LogP contribution in [0.25, 0.3) is 6.08 Å². The Kier molecular flexibility index (Phi) is 4.24. The Morgan fingerprint density at radius 1 is 1.14 bits per heavy atom. The third-order valence-corrected chi connectivity index (χ3v) is 5.05. The minimum Gasteiger partial charge on any atom is -0.476 e. The molecule has 6 nitrogen and oxygen atoms in total. The molecule has 28 heavy (non-hydrogen) atoms. The van der Waals surface area contributed by atoms with Crippen LogP contribution in [0.2, 0.25) is 0 Å². The number of aromatic nitrogens is 3. The summed E-state index contributed by atoms with van der Waals surface area (Å²) in [5.41, 5.74) is 2.20. The minimum absolute atomic E-state index is 0.144. The molecule has 1 aromatic carbocycles. The molecule has 1 N–H and O–H groups in total. The van der Waals surface area contributed by atoms with Gasteiger partial charge in [-0.25, -0.2) is 4.79 Å². The molecule has 0 saturated heterocycles. The number of fused-ring (bicyclic) bond motifs is 1. The molecule has 1 aliphatic carbocycles. The van der Waals surface area contributed by atoms with E-state index < -0.39 is 17.3 Å². The minimum atomic E-state index is -1.18. The first-order valence-corrected chi connectivity index (χ1v) is 8.74. The molecule has 3 aromatic rings. The van der Waals surface area contributed by atoms with Crippen molar-refractivity contribution in [3.63, 3.8) is 0 Å². The summed E-state index contributed by atoms with van der Waals surface area (Å²) in [6, 6.07) is 13.7. The molecule has 4 rings (SSSR count). The summed E-state index contributed by atoms with van der Waals surface area (Å²) in [7, 11) is 0. The Balaban J connectivity index is 1.97. The second-order valence-electron chi connectivity index (χ2n) is 6.56. The third-order valence-electron chi connectivity index (χ3n) is 5.05. The van der Waals surface area contributed by atoms with Crippen molar-refractivity contribution in [3.05, 3.63) is 102 Å². The van der Waals surface area contributed by atoms with Gasteiger partial charge in [-0.3, -0.25) is 9.78 Å². The lowest BCUT2D eigenvalue weighted by atomic mass is 9.69. The van der Waals surface area contributed by atoms with Crippen LogP contribution in [0.4, 0.5) is 0 Å². The molecule has 0 fully saturated rings. The van der Waals surface area contributed by atoms with Gasteiger partial charge < -0.3 is 5.11 Å². The highest BCUT2D eigenvalue weighted by atomic mass is 16.4. The number of hydrogen-bond donors (Lipinski definition) is 1. The monoisotopic (exact) mass is 371 g/mol. The largest absolute Gasteiger partial charge is 0.476 e. The molecule has 6 heteroatoms. The maximum atomic E-state index is 12.4. The molecule has 1 unspecified atom stereocenters. The highest BCUT2D eigenvalue weighted by molar-refractivity contribution is 5.95. The summed E-state index contributed by atoms with van der Waals surface area (Å²) in [5, 5.41) is 13.6. The molecule has 0 amide bonds. The number of allylic oxidation sites excluding steroid dienone is 2. The Labute approximate surface area is 161 Å². The number of carbonyl (C=O) groups excluding carboxylic acids is 1. The number of pyridine rings is 1. The van der Waals surface area contributed by atoms with Crippen LogP contribution in [0.15, 0.2) is 73.6 Å². The molecule has 2 heterocycles. The maximum absolute atomic E-state index is 12.4. The van der Waals surface area contributed by atoms with Gasteiger partial charge in [-0.15, -0.1) is 0 Å². The van der Waals surface area contributed by atoms with Crippen molar-refractivity contribution in [1.29, 1.82) is 0 Å². The fourth-order valence-corrected chi connectivity index (χ4v) is 3.71. The molecular weight excluding hydrogens is 354 g/mol. The van der Waals surface area contributed by atoms with Gasteiger partial charge >= 0.3 is 5.97 Å². The van der Waals surface area contributed by atoms with Crippen molar-refractivity contribution < 1.29 is 14.7 Å². The summed E-state index contributed by atoms with van der Waals surface area (Å²) in [6.07, 6.45) is 8.70. The van der Waals surface area contributed by atoms with Gasteiger partial charge in [-0.1, -0.05) is 55.1 Å². The first-order valence-electron chi connectivity index (χ1n) is 8.74. The Hall–Kier alpha value is -3.80. The first kappa shape index (κ1) is 17.6. The number of aromatic carboxylic acids is 1. The SMILES string of the molecule is C=CC(=O)n1nc(C(=O)O)c2c1CC(c1ccccc1)(c1cccnc1)C=C2. The summed E-state index contributed by atoms with van der Waals surface area (Å²) < 4.78 is 1.14. The van der Waals surface area contributed by atoms with Crippen molar-refractivity contribution in [2.24, 2.45) is 0 Å². The average Bonchev–Trinajstić information content (AvgIpc) is 3.13. The number of hydrogen-bond acceptors (Lipinski definition) is 4. The Bertz CT molecular complexity index is 1060. The van der Waals surface area contributed by atoms with Gasteiger partial charge in [0.05, 0.1) is 5.69 Å². The van der Waals surface area contributed by atoms with Crippen LogP contribution < -0.4 is 0 Å². The van der Waals surface area contributed by atoms with Crippen LogP contribution >= 0.6 is 0 Å². The van der Waals surface area contributed by atoms with E-state index >= 15 is 0 Å². The van der Waals surface area contributed by atoms with Gasteiger partial charge in [0.2, 0.25) is 0 Å².